The Morgan fingerprint density at radius 1 is 1.21 bits per heavy atom. The minimum atomic E-state index is -4.73. The van der Waals surface area contributed by atoms with E-state index in [0.717, 1.165) is 19.2 Å². The number of methoxy groups -OCH3 is 1. The quantitative estimate of drug-likeness (QED) is 0.390. The SMILES string of the molecule is COC(=O)NOc1cc(C(C)=NOCc2ccc(F)cc2C(F)(F)F)ccc1Cl. The number of ether oxygens (including phenoxy) is 1. The van der Waals surface area contributed by atoms with E-state index in [2.05, 4.69) is 9.89 Å². The molecule has 0 heterocycles. The highest BCUT2D eigenvalue weighted by Crippen LogP contribution is 2.33. The van der Waals surface area contributed by atoms with Crippen molar-refractivity contribution in [2.24, 2.45) is 5.16 Å². The fourth-order valence-corrected chi connectivity index (χ4v) is 2.29. The topological polar surface area (TPSA) is 69.2 Å². The second-order valence-corrected chi connectivity index (χ2v) is 6.00. The summed E-state index contributed by atoms with van der Waals surface area (Å²) in [7, 11) is 1.15. The molecule has 11 heteroatoms. The van der Waals surface area contributed by atoms with Gasteiger partial charge in [-0.2, -0.15) is 18.7 Å². The van der Waals surface area contributed by atoms with E-state index in [-0.39, 0.29) is 16.3 Å². The number of benzene rings is 2. The van der Waals surface area contributed by atoms with E-state index in [1.54, 1.807) is 6.07 Å². The lowest BCUT2D eigenvalue weighted by Crippen LogP contribution is -2.26. The van der Waals surface area contributed by atoms with Crippen LogP contribution in [0.2, 0.25) is 5.02 Å². The van der Waals surface area contributed by atoms with Crippen molar-refractivity contribution < 1.29 is 36.8 Å². The largest absolute Gasteiger partial charge is 0.451 e. The third-order valence-electron chi connectivity index (χ3n) is 3.58. The number of hydroxylamine groups is 1. The Balaban J connectivity index is 2.12. The van der Waals surface area contributed by atoms with Gasteiger partial charge in [-0.3, -0.25) is 0 Å². The van der Waals surface area contributed by atoms with Crippen LogP contribution in [0.5, 0.6) is 5.75 Å². The fourth-order valence-electron chi connectivity index (χ4n) is 2.13. The lowest BCUT2D eigenvalue weighted by atomic mass is 10.1. The molecular weight excluding hydrogens is 420 g/mol. The summed E-state index contributed by atoms with van der Waals surface area (Å²) in [5.74, 6) is -0.919. The minimum Gasteiger partial charge on any atom is -0.451 e. The standard InChI is InChI=1S/C18H15ClF4N2O4/c1-10(11-4-6-15(19)16(7-11)29-25-17(26)27-2)24-28-9-12-3-5-13(20)8-14(12)18(21,22)23/h3-8H,9H2,1-2H3,(H,25,26). The molecule has 29 heavy (non-hydrogen) atoms. The van der Waals surface area contributed by atoms with Gasteiger partial charge >= 0.3 is 12.3 Å². The van der Waals surface area contributed by atoms with Crippen LogP contribution in [0.1, 0.15) is 23.6 Å². The van der Waals surface area contributed by atoms with Crippen molar-refractivity contribution in [3.8, 4) is 5.75 Å². The molecule has 2 rings (SSSR count). The zero-order valence-corrected chi connectivity index (χ0v) is 15.9. The van der Waals surface area contributed by atoms with Crippen molar-refractivity contribution in [2.75, 3.05) is 7.11 Å². The molecular formula is C18H15ClF4N2O4. The Bertz CT molecular complexity index is 919. The van der Waals surface area contributed by atoms with E-state index in [9.17, 15) is 22.4 Å². The van der Waals surface area contributed by atoms with Gasteiger partial charge in [-0.05, 0) is 31.2 Å². The maximum absolute atomic E-state index is 13.1. The van der Waals surface area contributed by atoms with Crippen LogP contribution >= 0.6 is 11.6 Å². The van der Waals surface area contributed by atoms with Crippen molar-refractivity contribution in [3.63, 3.8) is 0 Å². The van der Waals surface area contributed by atoms with Gasteiger partial charge in [0.25, 0.3) is 0 Å². The van der Waals surface area contributed by atoms with Gasteiger partial charge in [-0.15, -0.1) is 0 Å². The Hall–Kier alpha value is -3.01. The van der Waals surface area contributed by atoms with Crippen molar-refractivity contribution in [1.82, 2.24) is 5.48 Å². The van der Waals surface area contributed by atoms with E-state index in [0.29, 0.717) is 17.3 Å². The molecule has 1 amide bonds. The fraction of sp³-hybridized carbons (Fsp3) is 0.222. The summed E-state index contributed by atoms with van der Waals surface area (Å²) in [5.41, 5.74) is 1.34. The Morgan fingerprint density at radius 3 is 2.59 bits per heavy atom. The van der Waals surface area contributed by atoms with Gasteiger partial charge in [0.15, 0.2) is 5.75 Å². The number of carbonyl (C=O) groups is 1. The molecule has 0 spiro atoms. The average molecular weight is 435 g/mol. The van der Waals surface area contributed by atoms with E-state index < -0.39 is 30.3 Å². The summed E-state index contributed by atoms with van der Waals surface area (Å²) in [6.07, 6.45) is -5.57. The van der Waals surface area contributed by atoms with E-state index >= 15 is 0 Å². The molecule has 0 unspecified atom stereocenters. The zero-order chi connectivity index (χ0) is 21.6. The highest BCUT2D eigenvalue weighted by Gasteiger charge is 2.33. The summed E-state index contributed by atoms with van der Waals surface area (Å²) in [6.45, 7) is 1.02. The van der Waals surface area contributed by atoms with Crippen molar-refractivity contribution in [2.45, 2.75) is 19.7 Å². The molecule has 0 fully saturated rings. The van der Waals surface area contributed by atoms with Crippen LogP contribution in [0.25, 0.3) is 0 Å². The number of halogens is 5. The Kier molecular flexibility index (Phi) is 7.27. The van der Waals surface area contributed by atoms with Crippen LogP contribution in [-0.4, -0.2) is 18.9 Å². The van der Waals surface area contributed by atoms with Gasteiger partial charge in [-0.25, -0.2) is 9.18 Å². The highest BCUT2D eigenvalue weighted by molar-refractivity contribution is 6.32. The van der Waals surface area contributed by atoms with Crippen LogP contribution < -0.4 is 10.3 Å². The molecule has 0 saturated heterocycles. The number of amides is 1. The second-order valence-electron chi connectivity index (χ2n) is 5.59. The van der Waals surface area contributed by atoms with Gasteiger partial charge in [0.05, 0.1) is 23.4 Å². The lowest BCUT2D eigenvalue weighted by Gasteiger charge is -2.12. The van der Waals surface area contributed by atoms with Crippen molar-refractivity contribution in [3.05, 3.63) is 63.9 Å². The van der Waals surface area contributed by atoms with Gasteiger partial charge in [0, 0.05) is 11.1 Å². The smallest absolute Gasteiger partial charge is 0.440 e. The number of nitrogens with zero attached hydrogens (tertiary/aromatic N) is 1. The molecule has 2 aromatic carbocycles. The second kappa shape index (κ2) is 9.46. The maximum atomic E-state index is 13.1. The number of nitrogens with one attached hydrogen (secondary N) is 1. The number of rotatable bonds is 6. The van der Waals surface area contributed by atoms with E-state index in [1.807, 2.05) is 5.48 Å². The molecule has 6 nitrogen and oxygen atoms in total. The van der Waals surface area contributed by atoms with Gasteiger partial charge in [-0.1, -0.05) is 28.9 Å². The summed E-state index contributed by atoms with van der Waals surface area (Å²) < 4.78 is 56.5. The first-order valence-electron chi connectivity index (χ1n) is 7.94. The molecule has 0 radical (unpaired) electrons. The van der Waals surface area contributed by atoms with Crippen LogP contribution in [0.4, 0.5) is 22.4 Å². The monoisotopic (exact) mass is 434 g/mol. The van der Waals surface area contributed by atoms with Crippen LogP contribution in [0, 0.1) is 5.82 Å². The molecule has 1 N–H and O–H groups in total. The normalized spacial score (nSPS) is 11.8. The van der Waals surface area contributed by atoms with Crippen molar-refractivity contribution in [1.29, 1.82) is 0 Å². The molecule has 0 atom stereocenters. The average Bonchev–Trinajstić information content (AvgIpc) is 2.67. The summed E-state index contributed by atoms with van der Waals surface area (Å²) in [5, 5.41) is 3.94. The number of oxime groups is 1. The predicted molar refractivity (Wildman–Crippen MR) is 96.0 cm³/mol. The first-order valence-corrected chi connectivity index (χ1v) is 8.32. The molecule has 0 aromatic heterocycles. The Labute approximate surface area is 167 Å². The first-order chi connectivity index (χ1) is 13.6. The van der Waals surface area contributed by atoms with Crippen LogP contribution in [0.15, 0.2) is 41.6 Å². The molecule has 156 valence electrons. The van der Waals surface area contributed by atoms with E-state index in [1.165, 1.54) is 19.1 Å². The summed E-state index contributed by atoms with van der Waals surface area (Å²) in [4.78, 5) is 21.1. The highest BCUT2D eigenvalue weighted by atomic mass is 35.5. The number of carbonyl (C=O) groups excluding carboxylic acids is 1. The number of alkyl halides is 3. The van der Waals surface area contributed by atoms with Gasteiger partial charge < -0.3 is 14.4 Å². The number of hydrogen-bond acceptors (Lipinski definition) is 5. The van der Waals surface area contributed by atoms with Crippen LogP contribution in [-0.2, 0) is 22.4 Å². The molecule has 0 aliphatic heterocycles. The maximum Gasteiger partial charge on any atom is 0.440 e. The Morgan fingerprint density at radius 2 is 1.93 bits per heavy atom. The van der Waals surface area contributed by atoms with Crippen LogP contribution in [0.3, 0.4) is 0 Å². The molecule has 2 aromatic rings. The first kappa shape index (κ1) is 22.3. The van der Waals surface area contributed by atoms with E-state index in [4.69, 9.17) is 21.3 Å². The molecule has 0 aliphatic carbocycles. The lowest BCUT2D eigenvalue weighted by molar-refractivity contribution is -0.139. The summed E-state index contributed by atoms with van der Waals surface area (Å²) >= 11 is 5.96. The molecule has 0 aliphatic rings. The minimum absolute atomic E-state index is 0.0852. The zero-order valence-electron chi connectivity index (χ0n) is 15.1. The van der Waals surface area contributed by atoms with Gasteiger partial charge in [0.1, 0.15) is 12.4 Å². The third kappa shape index (κ3) is 6.24. The third-order valence-corrected chi connectivity index (χ3v) is 3.89. The van der Waals surface area contributed by atoms with Crippen molar-refractivity contribution >= 4 is 23.4 Å². The molecule has 0 saturated carbocycles. The number of hydrogen-bond donors (Lipinski definition) is 1. The molecule has 0 bridgehead atoms. The predicted octanol–water partition coefficient (Wildman–Crippen LogP) is 5.09. The van der Waals surface area contributed by atoms with Gasteiger partial charge in [0.2, 0.25) is 0 Å². The summed E-state index contributed by atoms with van der Waals surface area (Å²) in [6, 6.07) is 6.74.